The van der Waals surface area contributed by atoms with Crippen LogP contribution >= 0.6 is 15.9 Å². The summed E-state index contributed by atoms with van der Waals surface area (Å²) in [5.41, 5.74) is 3.73. The van der Waals surface area contributed by atoms with Gasteiger partial charge in [-0.2, -0.15) is 5.10 Å². The predicted octanol–water partition coefficient (Wildman–Crippen LogP) is 2.72. The Morgan fingerprint density at radius 1 is 1.41 bits per heavy atom. The molecule has 0 bridgehead atoms. The quantitative estimate of drug-likeness (QED) is 0.939. The second-order valence-electron chi connectivity index (χ2n) is 4.07. The molecule has 0 aliphatic carbocycles. The van der Waals surface area contributed by atoms with Crippen LogP contribution in [0.2, 0.25) is 0 Å². The highest BCUT2D eigenvalue weighted by molar-refractivity contribution is 9.10. The number of halogens is 1. The smallest absolute Gasteiger partial charge is 0.0662 e. The van der Waals surface area contributed by atoms with Crippen LogP contribution < -0.4 is 5.32 Å². The minimum absolute atomic E-state index is 0.814. The van der Waals surface area contributed by atoms with E-state index in [0.717, 1.165) is 17.6 Å². The van der Waals surface area contributed by atoms with Crippen molar-refractivity contribution in [1.82, 2.24) is 15.1 Å². The van der Waals surface area contributed by atoms with Gasteiger partial charge in [0.15, 0.2) is 0 Å². The van der Waals surface area contributed by atoms with Crippen molar-refractivity contribution >= 4 is 15.9 Å². The van der Waals surface area contributed by atoms with Gasteiger partial charge < -0.3 is 5.32 Å². The van der Waals surface area contributed by atoms with E-state index in [1.54, 1.807) is 0 Å². The molecule has 1 aromatic heterocycles. The van der Waals surface area contributed by atoms with Gasteiger partial charge in [-0.15, -0.1) is 0 Å². The van der Waals surface area contributed by atoms with Crippen LogP contribution in [0.5, 0.6) is 0 Å². The molecule has 1 N–H and O–H groups in total. The SMILES string of the molecule is CNCc1cnn(Cc2cccc(Br)c2)c1C. The van der Waals surface area contributed by atoms with Crippen molar-refractivity contribution < 1.29 is 0 Å². The maximum absolute atomic E-state index is 4.42. The van der Waals surface area contributed by atoms with Crippen molar-refractivity contribution in [3.63, 3.8) is 0 Å². The first kappa shape index (κ1) is 12.3. The number of nitrogens with zero attached hydrogens (tertiary/aromatic N) is 2. The summed E-state index contributed by atoms with van der Waals surface area (Å²) < 4.78 is 3.14. The molecule has 2 rings (SSSR count). The second-order valence-corrected chi connectivity index (χ2v) is 4.99. The Labute approximate surface area is 110 Å². The highest BCUT2D eigenvalue weighted by Crippen LogP contribution is 2.14. The molecule has 0 radical (unpaired) electrons. The number of benzene rings is 1. The predicted molar refractivity (Wildman–Crippen MR) is 73.0 cm³/mol. The molecule has 0 amide bonds. The van der Waals surface area contributed by atoms with E-state index < -0.39 is 0 Å². The summed E-state index contributed by atoms with van der Waals surface area (Å²) in [6, 6.07) is 8.32. The van der Waals surface area contributed by atoms with Gasteiger partial charge in [0.25, 0.3) is 0 Å². The number of aromatic nitrogens is 2. The van der Waals surface area contributed by atoms with Crippen molar-refractivity contribution in [1.29, 1.82) is 0 Å². The molecule has 2 aromatic rings. The van der Waals surface area contributed by atoms with E-state index in [4.69, 9.17) is 0 Å². The van der Waals surface area contributed by atoms with E-state index in [2.05, 4.69) is 45.4 Å². The molecule has 17 heavy (non-hydrogen) atoms. The zero-order valence-corrected chi connectivity index (χ0v) is 11.7. The van der Waals surface area contributed by atoms with E-state index in [1.165, 1.54) is 16.8 Å². The normalized spacial score (nSPS) is 10.8. The minimum atomic E-state index is 0.814. The van der Waals surface area contributed by atoms with Gasteiger partial charge in [0.05, 0.1) is 12.7 Å². The van der Waals surface area contributed by atoms with Gasteiger partial charge in [-0.05, 0) is 31.7 Å². The third-order valence-electron chi connectivity index (χ3n) is 2.79. The van der Waals surface area contributed by atoms with Crippen LogP contribution in [0.25, 0.3) is 0 Å². The van der Waals surface area contributed by atoms with Gasteiger partial charge in [0.2, 0.25) is 0 Å². The van der Waals surface area contributed by atoms with Crippen LogP contribution in [0.1, 0.15) is 16.8 Å². The zero-order valence-electron chi connectivity index (χ0n) is 10.1. The van der Waals surface area contributed by atoms with Gasteiger partial charge in [-0.3, -0.25) is 4.68 Å². The minimum Gasteiger partial charge on any atom is -0.316 e. The third kappa shape index (κ3) is 2.96. The van der Waals surface area contributed by atoms with Crippen LogP contribution in [0.4, 0.5) is 0 Å². The monoisotopic (exact) mass is 293 g/mol. The fraction of sp³-hybridized carbons (Fsp3) is 0.308. The molecule has 3 nitrogen and oxygen atoms in total. The van der Waals surface area contributed by atoms with Crippen LogP contribution in [-0.2, 0) is 13.1 Å². The largest absolute Gasteiger partial charge is 0.316 e. The van der Waals surface area contributed by atoms with Crippen LogP contribution in [0, 0.1) is 6.92 Å². The van der Waals surface area contributed by atoms with E-state index in [9.17, 15) is 0 Å². The fourth-order valence-corrected chi connectivity index (χ4v) is 2.26. The fourth-order valence-electron chi connectivity index (χ4n) is 1.82. The summed E-state index contributed by atoms with van der Waals surface area (Å²) in [5, 5.41) is 7.57. The molecule has 0 aliphatic heterocycles. The first-order valence-corrected chi connectivity index (χ1v) is 6.40. The van der Waals surface area contributed by atoms with Crippen LogP contribution in [0.3, 0.4) is 0 Å². The van der Waals surface area contributed by atoms with E-state index in [-0.39, 0.29) is 0 Å². The van der Waals surface area contributed by atoms with Gasteiger partial charge >= 0.3 is 0 Å². The Kier molecular flexibility index (Phi) is 3.97. The highest BCUT2D eigenvalue weighted by atomic mass is 79.9. The van der Waals surface area contributed by atoms with Crippen LogP contribution in [0.15, 0.2) is 34.9 Å². The standard InChI is InChI=1S/C13H16BrN3/c1-10-12(7-15-2)8-16-17(10)9-11-4-3-5-13(14)6-11/h3-6,8,15H,7,9H2,1-2H3. The molecule has 4 heteroatoms. The summed E-state index contributed by atoms with van der Waals surface area (Å²) in [4.78, 5) is 0. The van der Waals surface area contributed by atoms with Gasteiger partial charge in [-0.1, -0.05) is 28.1 Å². The summed E-state index contributed by atoms with van der Waals surface area (Å²) in [5.74, 6) is 0. The molecule has 0 fully saturated rings. The molecule has 0 saturated carbocycles. The Bertz CT molecular complexity index is 505. The van der Waals surface area contributed by atoms with Crippen molar-refractivity contribution in [2.75, 3.05) is 7.05 Å². The second kappa shape index (κ2) is 5.47. The summed E-state index contributed by atoms with van der Waals surface area (Å²) in [6.45, 7) is 3.79. The van der Waals surface area contributed by atoms with Crippen molar-refractivity contribution in [3.8, 4) is 0 Å². The van der Waals surface area contributed by atoms with Gasteiger partial charge in [-0.25, -0.2) is 0 Å². The first-order valence-electron chi connectivity index (χ1n) is 5.61. The maximum Gasteiger partial charge on any atom is 0.0662 e. The van der Waals surface area contributed by atoms with Crippen molar-refractivity contribution in [2.45, 2.75) is 20.0 Å². The molecule has 0 saturated heterocycles. The lowest BCUT2D eigenvalue weighted by Crippen LogP contribution is -2.08. The number of hydrogen-bond acceptors (Lipinski definition) is 2. The zero-order chi connectivity index (χ0) is 12.3. The Morgan fingerprint density at radius 2 is 2.24 bits per heavy atom. The molecule has 90 valence electrons. The highest BCUT2D eigenvalue weighted by Gasteiger charge is 2.05. The van der Waals surface area contributed by atoms with Crippen molar-refractivity contribution in [3.05, 3.63) is 51.8 Å². The van der Waals surface area contributed by atoms with E-state index >= 15 is 0 Å². The van der Waals surface area contributed by atoms with E-state index in [1.807, 2.05) is 30.1 Å². The Hall–Kier alpha value is -1.13. The summed E-state index contributed by atoms with van der Waals surface area (Å²) in [7, 11) is 1.95. The molecular formula is C13H16BrN3. The molecule has 1 aromatic carbocycles. The first-order chi connectivity index (χ1) is 8.20. The average Bonchev–Trinajstić information content (AvgIpc) is 2.62. The number of hydrogen-bond donors (Lipinski definition) is 1. The number of rotatable bonds is 4. The van der Waals surface area contributed by atoms with Crippen LogP contribution in [-0.4, -0.2) is 16.8 Å². The summed E-state index contributed by atoms with van der Waals surface area (Å²) in [6.07, 6.45) is 1.93. The lowest BCUT2D eigenvalue weighted by atomic mass is 10.2. The molecular weight excluding hydrogens is 278 g/mol. The molecule has 0 aliphatic rings. The van der Waals surface area contributed by atoms with Crippen molar-refractivity contribution in [2.24, 2.45) is 0 Å². The maximum atomic E-state index is 4.42. The topological polar surface area (TPSA) is 29.9 Å². The average molecular weight is 294 g/mol. The molecule has 0 unspecified atom stereocenters. The number of nitrogens with one attached hydrogen (secondary N) is 1. The molecule has 1 heterocycles. The Morgan fingerprint density at radius 3 is 2.94 bits per heavy atom. The molecule has 0 spiro atoms. The van der Waals surface area contributed by atoms with E-state index in [0.29, 0.717) is 0 Å². The van der Waals surface area contributed by atoms with Gasteiger partial charge in [0.1, 0.15) is 0 Å². The summed E-state index contributed by atoms with van der Waals surface area (Å²) >= 11 is 3.48. The molecule has 0 atom stereocenters. The lowest BCUT2D eigenvalue weighted by molar-refractivity contribution is 0.661. The third-order valence-corrected chi connectivity index (χ3v) is 3.29. The van der Waals surface area contributed by atoms with Gasteiger partial charge in [0, 0.05) is 22.3 Å². The lowest BCUT2D eigenvalue weighted by Gasteiger charge is -2.06. The Balaban J connectivity index is 2.19.